The van der Waals surface area contributed by atoms with Gasteiger partial charge in [0.1, 0.15) is 0 Å². The number of H-pyrrole nitrogens is 1. The summed E-state index contributed by atoms with van der Waals surface area (Å²) >= 11 is 1.18. The number of nitrogen functional groups attached to an aromatic ring is 1. The molecule has 0 radical (unpaired) electrons. The number of hydrogen-bond donors (Lipinski definition) is 5. The molecule has 0 aromatic carbocycles. The van der Waals surface area contributed by atoms with Crippen LogP contribution in [0.5, 0.6) is 0 Å². The Hall–Kier alpha value is -2.04. The zero-order chi connectivity index (χ0) is 15.7. The van der Waals surface area contributed by atoms with Crippen molar-refractivity contribution in [3.63, 3.8) is 0 Å². The number of nitrogens with two attached hydrogens (primary N) is 2. The van der Waals surface area contributed by atoms with Crippen molar-refractivity contribution in [2.24, 2.45) is 5.73 Å². The predicted octanol–water partition coefficient (Wildman–Crippen LogP) is -1.52. The van der Waals surface area contributed by atoms with Crippen molar-refractivity contribution in [2.75, 3.05) is 18.6 Å². The van der Waals surface area contributed by atoms with Crippen molar-refractivity contribution < 1.29 is 15.0 Å². The fourth-order valence-electron chi connectivity index (χ4n) is 2.12. The first-order chi connectivity index (χ1) is 9.90. The van der Waals surface area contributed by atoms with E-state index in [1.54, 1.807) is 6.26 Å². The monoisotopic (exact) mass is 313 g/mol. The molecule has 1 amide bonds. The number of fused-ring (bicyclic) bond motifs is 1. The quantitative estimate of drug-likeness (QED) is 0.419. The highest BCUT2D eigenvalue weighted by Gasteiger charge is 2.25. The fraction of sp³-hybridized carbons (Fsp3) is 0.364. The minimum Gasteiger partial charge on any atom is -0.394 e. The lowest BCUT2D eigenvalue weighted by Gasteiger charge is -2.12. The molecule has 21 heavy (non-hydrogen) atoms. The van der Waals surface area contributed by atoms with Gasteiger partial charge in [-0.3, -0.25) is 14.6 Å². The molecule has 114 valence electrons. The van der Waals surface area contributed by atoms with E-state index in [1.807, 2.05) is 0 Å². The molecule has 2 heterocycles. The maximum atomic E-state index is 12.0. The fourth-order valence-corrected chi connectivity index (χ4v) is 2.90. The Morgan fingerprint density at radius 2 is 2.24 bits per heavy atom. The van der Waals surface area contributed by atoms with Gasteiger partial charge in [0.15, 0.2) is 5.65 Å². The Balaban J connectivity index is 2.88. The summed E-state index contributed by atoms with van der Waals surface area (Å²) in [4.78, 5) is 30.0. The number of amides is 1. The number of primary amides is 1. The van der Waals surface area contributed by atoms with Crippen molar-refractivity contribution >= 4 is 34.7 Å². The summed E-state index contributed by atoms with van der Waals surface area (Å²) in [6.07, 6.45) is 0.620. The lowest BCUT2D eigenvalue weighted by Crippen LogP contribution is -2.21. The number of anilines is 1. The molecular formula is C11H15N5O4S. The van der Waals surface area contributed by atoms with Crippen LogP contribution in [0.4, 0.5) is 5.95 Å². The van der Waals surface area contributed by atoms with E-state index < -0.39 is 24.2 Å². The SMILES string of the molecule is CSc1c(C(N)=O)c2c(=O)[nH]c(N)nc2n1CC(O)CO. The first-order valence-electron chi connectivity index (χ1n) is 5.95. The van der Waals surface area contributed by atoms with Crippen LogP contribution in [0, 0.1) is 0 Å². The van der Waals surface area contributed by atoms with Crippen molar-refractivity contribution in [3.05, 3.63) is 15.9 Å². The van der Waals surface area contributed by atoms with Crippen LogP contribution in [0.3, 0.4) is 0 Å². The Labute approximate surface area is 123 Å². The maximum absolute atomic E-state index is 12.0. The number of hydrogen-bond acceptors (Lipinski definition) is 7. The molecule has 2 rings (SSSR count). The standard InChI is InChI=1S/C11H15N5O4S/c1-21-10-5(7(12)19)6-8(14-11(13)15-9(6)20)16(10)2-4(18)3-17/h4,17-18H,2-3H2,1H3,(H2,12,19)(H3,13,14,15,20). The topological polar surface area (TPSA) is 160 Å². The molecule has 2 aromatic heterocycles. The molecule has 0 spiro atoms. The van der Waals surface area contributed by atoms with E-state index in [0.29, 0.717) is 5.03 Å². The summed E-state index contributed by atoms with van der Waals surface area (Å²) in [6.45, 7) is -0.523. The number of aliphatic hydroxyl groups is 2. The number of rotatable bonds is 5. The molecule has 1 atom stereocenters. The average Bonchev–Trinajstić information content (AvgIpc) is 2.72. The molecule has 0 aliphatic heterocycles. The van der Waals surface area contributed by atoms with Crippen LogP contribution in [0.25, 0.3) is 11.0 Å². The summed E-state index contributed by atoms with van der Waals surface area (Å²) < 4.78 is 1.45. The van der Waals surface area contributed by atoms with Crippen LogP contribution < -0.4 is 17.0 Å². The minimum atomic E-state index is -1.07. The van der Waals surface area contributed by atoms with Crippen molar-refractivity contribution in [1.82, 2.24) is 14.5 Å². The second-order valence-electron chi connectivity index (χ2n) is 4.35. The lowest BCUT2D eigenvalue weighted by molar-refractivity contribution is 0.0801. The number of aromatic nitrogens is 3. The normalized spacial score (nSPS) is 12.7. The molecule has 7 N–H and O–H groups in total. The van der Waals surface area contributed by atoms with Crippen LogP contribution >= 0.6 is 11.8 Å². The van der Waals surface area contributed by atoms with Gasteiger partial charge in [-0.15, -0.1) is 11.8 Å². The van der Waals surface area contributed by atoms with Crippen LogP contribution in [0.2, 0.25) is 0 Å². The van der Waals surface area contributed by atoms with Crippen LogP contribution in [0.15, 0.2) is 9.82 Å². The molecule has 0 saturated carbocycles. The van der Waals surface area contributed by atoms with E-state index in [1.165, 1.54) is 16.3 Å². The second-order valence-corrected chi connectivity index (χ2v) is 5.14. The van der Waals surface area contributed by atoms with E-state index in [9.17, 15) is 14.7 Å². The van der Waals surface area contributed by atoms with Gasteiger partial charge in [0, 0.05) is 0 Å². The predicted molar refractivity (Wildman–Crippen MR) is 78.2 cm³/mol. The van der Waals surface area contributed by atoms with Gasteiger partial charge >= 0.3 is 0 Å². The molecule has 0 saturated heterocycles. The third-order valence-corrected chi connectivity index (χ3v) is 3.74. The van der Waals surface area contributed by atoms with Crippen LogP contribution in [-0.2, 0) is 6.54 Å². The van der Waals surface area contributed by atoms with Crippen LogP contribution in [-0.4, -0.2) is 49.6 Å². The molecule has 0 aliphatic carbocycles. The largest absolute Gasteiger partial charge is 0.394 e. The lowest BCUT2D eigenvalue weighted by atomic mass is 10.2. The number of nitrogens with zero attached hydrogens (tertiary/aromatic N) is 2. The zero-order valence-electron chi connectivity index (χ0n) is 11.2. The van der Waals surface area contributed by atoms with Gasteiger partial charge in [-0.2, -0.15) is 4.98 Å². The first kappa shape index (κ1) is 15.4. The average molecular weight is 313 g/mol. The number of aliphatic hydroxyl groups excluding tert-OH is 2. The zero-order valence-corrected chi connectivity index (χ0v) is 12.0. The van der Waals surface area contributed by atoms with Crippen molar-refractivity contribution in [3.8, 4) is 0 Å². The smallest absolute Gasteiger partial charge is 0.262 e. The molecular weight excluding hydrogens is 298 g/mol. The number of aromatic amines is 1. The van der Waals surface area contributed by atoms with Gasteiger partial charge in [-0.1, -0.05) is 0 Å². The summed E-state index contributed by atoms with van der Waals surface area (Å²) in [5, 5.41) is 19.0. The molecule has 0 fully saturated rings. The first-order valence-corrected chi connectivity index (χ1v) is 7.17. The van der Waals surface area contributed by atoms with Gasteiger partial charge in [-0.05, 0) is 6.26 Å². The van der Waals surface area contributed by atoms with Gasteiger partial charge in [0.05, 0.1) is 35.2 Å². The van der Waals surface area contributed by atoms with E-state index in [0.717, 1.165) is 0 Å². The van der Waals surface area contributed by atoms with E-state index in [4.69, 9.17) is 16.6 Å². The second kappa shape index (κ2) is 5.76. The van der Waals surface area contributed by atoms with Gasteiger partial charge < -0.3 is 26.2 Å². The van der Waals surface area contributed by atoms with Gasteiger partial charge in [0.2, 0.25) is 5.95 Å². The number of nitrogens with one attached hydrogen (secondary N) is 1. The van der Waals surface area contributed by atoms with E-state index in [-0.39, 0.29) is 29.1 Å². The Bertz CT molecular complexity index is 753. The third-order valence-electron chi connectivity index (χ3n) is 2.93. The third kappa shape index (κ3) is 2.60. The molecule has 0 bridgehead atoms. The van der Waals surface area contributed by atoms with E-state index in [2.05, 4.69) is 9.97 Å². The summed E-state index contributed by atoms with van der Waals surface area (Å²) in [5.74, 6) is -0.896. The Kier molecular flexibility index (Phi) is 4.21. The molecule has 2 aromatic rings. The highest BCUT2D eigenvalue weighted by Crippen LogP contribution is 2.29. The van der Waals surface area contributed by atoms with Gasteiger partial charge in [-0.25, -0.2) is 0 Å². The van der Waals surface area contributed by atoms with Crippen molar-refractivity contribution in [2.45, 2.75) is 17.7 Å². The number of carbonyl (C=O) groups is 1. The highest BCUT2D eigenvalue weighted by molar-refractivity contribution is 7.98. The Morgan fingerprint density at radius 1 is 1.57 bits per heavy atom. The minimum absolute atomic E-state index is 0.0196. The van der Waals surface area contributed by atoms with E-state index >= 15 is 0 Å². The van der Waals surface area contributed by atoms with Crippen molar-refractivity contribution in [1.29, 1.82) is 0 Å². The molecule has 9 nitrogen and oxygen atoms in total. The summed E-state index contributed by atoms with van der Waals surface area (Å²) in [7, 11) is 0. The molecule has 1 unspecified atom stereocenters. The number of thioether (sulfide) groups is 1. The summed E-state index contributed by atoms with van der Waals surface area (Å²) in [5.41, 5.74) is 10.5. The Morgan fingerprint density at radius 3 is 2.76 bits per heavy atom. The maximum Gasteiger partial charge on any atom is 0.262 e. The molecule has 0 aliphatic rings. The molecule has 10 heteroatoms. The van der Waals surface area contributed by atoms with Crippen LogP contribution in [0.1, 0.15) is 10.4 Å². The van der Waals surface area contributed by atoms with Gasteiger partial charge in [0.25, 0.3) is 11.5 Å². The number of carbonyl (C=O) groups excluding carboxylic acids is 1. The summed E-state index contributed by atoms with van der Waals surface area (Å²) in [6, 6.07) is 0. The highest BCUT2D eigenvalue weighted by atomic mass is 32.2.